The minimum Gasteiger partial charge on any atom is -0.290 e. The molecule has 0 bridgehead atoms. The molecule has 1 unspecified atom stereocenters. The van der Waals surface area contributed by atoms with Crippen molar-refractivity contribution >= 4 is 8.07 Å². The largest absolute Gasteiger partial charge is 0.290 e. The molecule has 1 nitrogen and oxygen atoms in total. The van der Waals surface area contributed by atoms with Gasteiger partial charge in [0.1, 0.15) is 8.07 Å². The number of piperidine rings is 1. The Labute approximate surface area is 89.9 Å². The highest BCUT2D eigenvalue weighted by atomic mass is 28.3. The molecule has 1 aliphatic heterocycles. The van der Waals surface area contributed by atoms with E-state index in [0.29, 0.717) is 6.04 Å². The summed E-state index contributed by atoms with van der Waals surface area (Å²) in [6.07, 6.45) is 4.01. The third-order valence-electron chi connectivity index (χ3n) is 2.63. The molecule has 0 saturated carbocycles. The van der Waals surface area contributed by atoms with E-state index in [1.807, 2.05) is 0 Å². The molecule has 1 fully saturated rings. The van der Waals surface area contributed by atoms with Gasteiger partial charge in [0.05, 0.1) is 6.04 Å². The Morgan fingerprint density at radius 3 is 2.57 bits per heavy atom. The first-order valence-electron chi connectivity index (χ1n) is 5.79. The Balaban J connectivity index is 2.59. The second-order valence-corrected chi connectivity index (χ2v) is 9.91. The van der Waals surface area contributed by atoms with Crippen LogP contribution in [0, 0.1) is 11.5 Å². The van der Waals surface area contributed by atoms with Crippen LogP contribution in [0.25, 0.3) is 0 Å². The third kappa shape index (κ3) is 3.85. The lowest BCUT2D eigenvalue weighted by molar-refractivity contribution is 0.196. The van der Waals surface area contributed by atoms with Gasteiger partial charge in [-0.2, -0.15) is 0 Å². The van der Waals surface area contributed by atoms with Crippen molar-refractivity contribution in [2.75, 3.05) is 13.1 Å². The first-order valence-corrected chi connectivity index (χ1v) is 9.29. The van der Waals surface area contributed by atoms with Gasteiger partial charge in [0, 0.05) is 0 Å². The Hall–Kier alpha value is -0.263. The van der Waals surface area contributed by atoms with Crippen LogP contribution in [0.4, 0.5) is 0 Å². The minimum atomic E-state index is -1.17. The van der Waals surface area contributed by atoms with Gasteiger partial charge >= 0.3 is 0 Å². The topological polar surface area (TPSA) is 3.24 Å². The Bertz CT molecular complexity index is 231. The molecule has 0 aliphatic carbocycles. The lowest BCUT2D eigenvalue weighted by Gasteiger charge is -2.31. The van der Waals surface area contributed by atoms with Crippen LogP contribution < -0.4 is 0 Å². The van der Waals surface area contributed by atoms with E-state index >= 15 is 0 Å². The van der Waals surface area contributed by atoms with Crippen LogP contribution in [0.15, 0.2) is 0 Å². The lowest BCUT2D eigenvalue weighted by atomic mass is 10.0. The molecule has 1 saturated heterocycles. The van der Waals surface area contributed by atoms with E-state index in [-0.39, 0.29) is 0 Å². The zero-order valence-electron chi connectivity index (χ0n) is 10.1. The Morgan fingerprint density at radius 1 is 1.29 bits per heavy atom. The highest BCUT2D eigenvalue weighted by molar-refractivity contribution is 6.83. The van der Waals surface area contributed by atoms with Crippen LogP contribution in [-0.4, -0.2) is 32.1 Å². The maximum absolute atomic E-state index is 3.50. The summed E-state index contributed by atoms with van der Waals surface area (Å²) >= 11 is 0. The summed E-state index contributed by atoms with van der Waals surface area (Å²) in [4.78, 5) is 2.52. The van der Waals surface area contributed by atoms with Gasteiger partial charge < -0.3 is 0 Å². The van der Waals surface area contributed by atoms with Gasteiger partial charge in [-0.1, -0.05) is 32.5 Å². The first-order chi connectivity index (χ1) is 6.53. The van der Waals surface area contributed by atoms with Crippen LogP contribution in [0.3, 0.4) is 0 Å². The standard InChI is InChI=1S/C12H23NSi/c1-5-13-10-7-6-8-12(13)9-11-14(2,3)4/h12H,5-8,10H2,1-4H3. The summed E-state index contributed by atoms with van der Waals surface area (Å²) in [6.45, 7) is 11.6. The number of rotatable bonds is 1. The third-order valence-corrected chi connectivity index (χ3v) is 3.53. The number of hydrogen-bond donors (Lipinski definition) is 0. The smallest absolute Gasteiger partial charge is 0.129 e. The fraction of sp³-hybridized carbons (Fsp3) is 0.833. The SMILES string of the molecule is CCN1CCCCC1C#C[Si](C)(C)C. The van der Waals surface area contributed by atoms with E-state index in [1.165, 1.54) is 25.8 Å². The summed E-state index contributed by atoms with van der Waals surface area (Å²) in [7, 11) is -1.17. The van der Waals surface area contributed by atoms with E-state index in [9.17, 15) is 0 Å². The van der Waals surface area contributed by atoms with Crippen molar-refractivity contribution in [1.29, 1.82) is 0 Å². The molecule has 2 heteroatoms. The lowest BCUT2D eigenvalue weighted by Crippen LogP contribution is -2.38. The van der Waals surface area contributed by atoms with E-state index in [4.69, 9.17) is 0 Å². The second-order valence-electron chi connectivity index (χ2n) is 5.16. The van der Waals surface area contributed by atoms with Gasteiger partial charge in [0.25, 0.3) is 0 Å². The Morgan fingerprint density at radius 2 is 2.00 bits per heavy atom. The monoisotopic (exact) mass is 209 g/mol. The maximum Gasteiger partial charge on any atom is 0.129 e. The molecule has 0 aromatic heterocycles. The second kappa shape index (κ2) is 5.00. The predicted octanol–water partition coefficient (Wildman–Crippen LogP) is 2.74. The van der Waals surface area contributed by atoms with Crippen molar-refractivity contribution in [3.8, 4) is 11.5 Å². The molecule has 1 aliphatic rings. The van der Waals surface area contributed by atoms with Gasteiger partial charge in [-0.05, 0) is 32.4 Å². The average molecular weight is 209 g/mol. The molecule has 0 aromatic carbocycles. The quantitative estimate of drug-likeness (QED) is 0.474. The van der Waals surface area contributed by atoms with Crippen molar-refractivity contribution in [3.05, 3.63) is 0 Å². The van der Waals surface area contributed by atoms with E-state index in [2.05, 4.69) is 42.9 Å². The van der Waals surface area contributed by atoms with Crippen LogP contribution >= 0.6 is 0 Å². The minimum absolute atomic E-state index is 0.556. The van der Waals surface area contributed by atoms with Gasteiger partial charge in [-0.25, -0.2) is 0 Å². The first kappa shape index (κ1) is 11.8. The van der Waals surface area contributed by atoms with E-state index < -0.39 is 8.07 Å². The summed E-state index contributed by atoms with van der Waals surface area (Å²) in [5.41, 5.74) is 3.50. The van der Waals surface area contributed by atoms with Crippen LogP contribution in [0.2, 0.25) is 19.6 Å². The van der Waals surface area contributed by atoms with E-state index in [1.54, 1.807) is 0 Å². The van der Waals surface area contributed by atoms with Gasteiger partial charge in [-0.15, -0.1) is 5.54 Å². The van der Waals surface area contributed by atoms with Gasteiger partial charge in [0.2, 0.25) is 0 Å². The highest BCUT2D eigenvalue weighted by Crippen LogP contribution is 2.15. The summed E-state index contributed by atoms with van der Waals surface area (Å²) in [6, 6.07) is 0.556. The zero-order chi connectivity index (χ0) is 10.6. The van der Waals surface area contributed by atoms with Crippen LogP contribution in [0.5, 0.6) is 0 Å². The highest BCUT2D eigenvalue weighted by Gasteiger charge is 2.19. The van der Waals surface area contributed by atoms with Gasteiger partial charge in [-0.3, -0.25) is 4.90 Å². The summed E-state index contributed by atoms with van der Waals surface area (Å²) in [5.74, 6) is 3.50. The van der Waals surface area contributed by atoms with Gasteiger partial charge in [0.15, 0.2) is 0 Å². The van der Waals surface area contributed by atoms with E-state index in [0.717, 1.165) is 6.54 Å². The molecule has 0 amide bonds. The molecule has 1 atom stereocenters. The molecule has 0 N–H and O–H groups in total. The van der Waals surface area contributed by atoms with Crippen LogP contribution in [-0.2, 0) is 0 Å². The number of nitrogens with zero attached hydrogens (tertiary/aromatic N) is 1. The Kier molecular flexibility index (Phi) is 4.22. The fourth-order valence-corrected chi connectivity index (χ4v) is 2.43. The average Bonchev–Trinajstić information content (AvgIpc) is 2.14. The zero-order valence-corrected chi connectivity index (χ0v) is 11.1. The van der Waals surface area contributed by atoms with Crippen molar-refractivity contribution in [2.24, 2.45) is 0 Å². The molecule has 1 rings (SSSR count). The van der Waals surface area contributed by atoms with Crippen molar-refractivity contribution < 1.29 is 0 Å². The molecule has 1 heterocycles. The molecule has 0 aromatic rings. The molecular formula is C12H23NSi. The summed E-state index contributed by atoms with van der Waals surface area (Å²) in [5, 5.41) is 0. The molecule has 80 valence electrons. The molecule has 0 radical (unpaired) electrons. The maximum atomic E-state index is 3.50. The predicted molar refractivity (Wildman–Crippen MR) is 66.0 cm³/mol. The van der Waals surface area contributed by atoms with Crippen LogP contribution in [0.1, 0.15) is 26.2 Å². The number of hydrogen-bond acceptors (Lipinski definition) is 1. The summed E-state index contributed by atoms with van der Waals surface area (Å²) < 4.78 is 0. The number of likely N-dealkylation sites (tertiary alicyclic amines) is 1. The van der Waals surface area contributed by atoms with Crippen molar-refractivity contribution in [3.63, 3.8) is 0 Å². The molecular weight excluding hydrogens is 186 g/mol. The molecule has 0 spiro atoms. The normalized spacial score (nSPS) is 24.1. The van der Waals surface area contributed by atoms with Crippen molar-refractivity contribution in [1.82, 2.24) is 4.90 Å². The fourth-order valence-electron chi connectivity index (χ4n) is 1.83. The van der Waals surface area contributed by atoms with Crippen molar-refractivity contribution in [2.45, 2.75) is 51.9 Å². The molecule has 14 heavy (non-hydrogen) atoms.